The molecule has 0 spiro atoms. The summed E-state index contributed by atoms with van der Waals surface area (Å²) in [4.78, 5) is 11.8. The number of carbonyl (C=O) groups is 1. The fourth-order valence-electron chi connectivity index (χ4n) is 2.65. The van der Waals surface area contributed by atoms with Crippen molar-refractivity contribution in [1.29, 1.82) is 0 Å². The van der Waals surface area contributed by atoms with Gasteiger partial charge in [-0.05, 0) is 38.1 Å². The molecule has 0 radical (unpaired) electrons. The Balaban J connectivity index is 2.17. The maximum absolute atomic E-state index is 11.8. The molecule has 1 rings (SSSR count). The Bertz CT molecular complexity index is 221. The number of hydrogen-bond acceptors (Lipinski definition) is 3. The van der Waals surface area contributed by atoms with Crippen LogP contribution in [0.3, 0.4) is 0 Å². The van der Waals surface area contributed by atoms with Gasteiger partial charge in [-0.3, -0.25) is 10.2 Å². The summed E-state index contributed by atoms with van der Waals surface area (Å²) in [6.45, 7) is 4.94. The number of nitrogens with two attached hydrogens (primary N) is 1. The average molecular weight is 255 g/mol. The highest BCUT2D eigenvalue weighted by atomic mass is 16.2. The van der Waals surface area contributed by atoms with Gasteiger partial charge in [0, 0.05) is 19.5 Å². The van der Waals surface area contributed by atoms with E-state index in [1.165, 1.54) is 32.1 Å². The molecule has 0 aromatic heterocycles. The number of hydrazine groups is 1. The zero-order chi connectivity index (χ0) is 13.2. The predicted molar refractivity (Wildman–Crippen MR) is 74.9 cm³/mol. The molecule has 0 saturated carbocycles. The minimum atomic E-state index is 0.176. The maximum Gasteiger partial charge on any atom is 0.234 e. The van der Waals surface area contributed by atoms with Crippen LogP contribution in [0.15, 0.2) is 0 Å². The first-order chi connectivity index (χ1) is 8.76. The first-order valence-corrected chi connectivity index (χ1v) is 7.50. The van der Waals surface area contributed by atoms with Gasteiger partial charge >= 0.3 is 0 Å². The lowest BCUT2D eigenvalue weighted by Gasteiger charge is -2.27. The van der Waals surface area contributed by atoms with Crippen LogP contribution in [0, 0.1) is 5.92 Å². The average Bonchev–Trinajstić information content (AvgIpc) is 2.38. The highest BCUT2D eigenvalue weighted by Gasteiger charge is 2.14. The molecule has 106 valence electrons. The largest absolute Gasteiger partial charge is 0.330 e. The molecular weight excluding hydrogens is 226 g/mol. The fourth-order valence-corrected chi connectivity index (χ4v) is 2.65. The van der Waals surface area contributed by atoms with E-state index in [1.54, 1.807) is 0 Å². The van der Waals surface area contributed by atoms with Crippen LogP contribution in [0.25, 0.3) is 0 Å². The standard InChI is InChI=1S/C14H29N3O/c1-2-6-13(9-10-15)7-8-14(18)16-17-11-4-3-5-12-17/h13H,2-12,15H2,1H3,(H,16,18). The molecule has 1 amide bonds. The first kappa shape index (κ1) is 15.4. The molecule has 1 saturated heterocycles. The molecular formula is C14H29N3O. The second-order valence-corrected chi connectivity index (χ2v) is 5.35. The Labute approximate surface area is 111 Å². The van der Waals surface area contributed by atoms with Gasteiger partial charge in [-0.2, -0.15) is 0 Å². The van der Waals surface area contributed by atoms with Crippen molar-refractivity contribution in [2.75, 3.05) is 19.6 Å². The fraction of sp³-hybridized carbons (Fsp3) is 0.929. The Morgan fingerprint density at radius 2 is 1.94 bits per heavy atom. The van der Waals surface area contributed by atoms with Gasteiger partial charge in [-0.1, -0.05) is 26.2 Å². The van der Waals surface area contributed by atoms with E-state index in [9.17, 15) is 4.79 Å². The summed E-state index contributed by atoms with van der Waals surface area (Å²) in [5.74, 6) is 0.794. The summed E-state index contributed by atoms with van der Waals surface area (Å²) in [5, 5.41) is 2.07. The summed E-state index contributed by atoms with van der Waals surface area (Å²) in [6.07, 6.45) is 8.72. The van der Waals surface area contributed by atoms with E-state index in [2.05, 4.69) is 17.4 Å². The van der Waals surface area contributed by atoms with Crippen LogP contribution in [0.4, 0.5) is 0 Å². The van der Waals surface area contributed by atoms with E-state index >= 15 is 0 Å². The molecule has 3 N–H and O–H groups in total. The van der Waals surface area contributed by atoms with Gasteiger partial charge in [0.15, 0.2) is 0 Å². The molecule has 1 aliphatic heterocycles. The van der Waals surface area contributed by atoms with Gasteiger partial charge in [-0.25, -0.2) is 5.01 Å². The highest BCUT2D eigenvalue weighted by molar-refractivity contribution is 5.75. The molecule has 0 bridgehead atoms. The van der Waals surface area contributed by atoms with Gasteiger partial charge in [-0.15, -0.1) is 0 Å². The number of rotatable bonds is 8. The smallest absolute Gasteiger partial charge is 0.234 e. The van der Waals surface area contributed by atoms with Gasteiger partial charge < -0.3 is 5.73 Å². The predicted octanol–water partition coefficient (Wildman–Crippen LogP) is 2.05. The van der Waals surface area contributed by atoms with E-state index in [4.69, 9.17) is 5.73 Å². The van der Waals surface area contributed by atoms with E-state index < -0.39 is 0 Å². The van der Waals surface area contributed by atoms with Crippen molar-refractivity contribution in [1.82, 2.24) is 10.4 Å². The van der Waals surface area contributed by atoms with Crippen LogP contribution in [0.5, 0.6) is 0 Å². The van der Waals surface area contributed by atoms with Crippen molar-refractivity contribution in [3.63, 3.8) is 0 Å². The van der Waals surface area contributed by atoms with Crippen LogP contribution >= 0.6 is 0 Å². The molecule has 1 fully saturated rings. The molecule has 4 nitrogen and oxygen atoms in total. The molecule has 18 heavy (non-hydrogen) atoms. The number of piperidine rings is 1. The lowest BCUT2D eigenvalue weighted by Crippen LogP contribution is -2.45. The monoisotopic (exact) mass is 255 g/mol. The summed E-state index contributed by atoms with van der Waals surface area (Å²) in [5.41, 5.74) is 8.63. The lowest BCUT2D eigenvalue weighted by atomic mass is 9.94. The van der Waals surface area contributed by atoms with Crippen LogP contribution in [-0.4, -0.2) is 30.6 Å². The van der Waals surface area contributed by atoms with Gasteiger partial charge in [0.1, 0.15) is 0 Å². The lowest BCUT2D eigenvalue weighted by molar-refractivity contribution is -0.126. The van der Waals surface area contributed by atoms with Crippen molar-refractivity contribution >= 4 is 5.91 Å². The second-order valence-electron chi connectivity index (χ2n) is 5.35. The molecule has 4 heteroatoms. The Hall–Kier alpha value is -0.610. The second kappa shape index (κ2) is 9.34. The zero-order valence-corrected chi connectivity index (χ0v) is 11.8. The van der Waals surface area contributed by atoms with Crippen molar-refractivity contribution in [2.45, 2.75) is 58.3 Å². The van der Waals surface area contributed by atoms with E-state index in [0.29, 0.717) is 12.3 Å². The molecule has 1 aliphatic rings. The number of nitrogens with one attached hydrogen (secondary N) is 1. The molecule has 0 aliphatic carbocycles. The van der Waals surface area contributed by atoms with Crippen molar-refractivity contribution in [2.24, 2.45) is 11.7 Å². The highest BCUT2D eigenvalue weighted by Crippen LogP contribution is 2.17. The summed E-state index contributed by atoms with van der Waals surface area (Å²) in [6, 6.07) is 0. The molecule has 1 heterocycles. The molecule has 1 atom stereocenters. The van der Waals surface area contributed by atoms with E-state index in [0.717, 1.165) is 32.5 Å². The summed E-state index contributed by atoms with van der Waals surface area (Å²) in [7, 11) is 0. The van der Waals surface area contributed by atoms with Gasteiger partial charge in [0.2, 0.25) is 5.91 Å². The van der Waals surface area contributed by atoms with Crippen molar-refractivity contribution in [3.05, 3.63) is 0 Å². The number of hydrogen-bond donors (Lipinski definition) is 2. The molecule has 0 aromatic rings. The van der Waals surface area contributed by atoms with Gasteiger partial charge in [0.05, 0.1) is 0 Å². The minimum absolute atomic E-state index is 0.176. The quantitative estimate of drug-likeness (QED) is 0.698. The van der Waals surface area contributed by atoms with Crippen molar-refractivity contribution < 1.29 is 4.79 Å². The zero-order valence-electron chi connectivity index (χ0n) is 11.8. The van der Waals surface area contributed by atoms with Crippen LogP contribution in [-0.2, 0) is 4.79 Å². The molecule has 0 aromatic carbocycles. The van der Waals surface area contributed by atoms with Gasteiger partial charge in [0.25, 0.3) is 0 Å². The molecule has 1 unspecified atom stereocenters. The Morgan fingerprint density at radius 1 is 1.22 bits per heavy atom. The van der Waals surface area contributed by atoms with E-state index in [1.807, 2.05) is 0 Å². The van der Waals surface area contributed by atoms with Crippen LogP contribution < -0.4 is 11.2 Å². The number of amides is 1. The Morgan fingerprint density at radius 3 is 2.56 bits per heavy atom. The van der Waals surface area contributed by atoms with Crippen LogP contribution in [0.1, 0.15) is 58.3 Å². The SMILES string of the molecule is CCCC(CCN)CCC(=O)NN1CCCCC1. The van der Waals surface area contributed by atoms with Crippen molar-refractivity contribution in [3.8, 4) is 0 Å². The number of nitrogens with zero attached hydrogens (tertiary/aromatic N) is 1. The normalized spacial score (nSPS) is 18.6. The first-order valence-electron chi connectivity index (χ1n) is 7.50. The third-order valence-corrected chi connectivity index (χ3v) is 3.69. The van der Waals surface area contributed by atoms with Crippen LogP contribution in [0.2, 0.25) is 0 Å². The minimum Gasteiger partial charge on any atom is -0.330 e. The topological polar surface area (TPSA) is 58.4 Å². The maximum atomic E-state index is 11.8. The third-order valence-electron chi connectivity index (χ3n) is 3.69. The summed E-state index contributed by atoms with van der Waals surface area (Å²) >= 11 is 0. The number of carbonyl (C=O) groups excluding carboxylic acids is 1. The van der Waals surface area contributed by atoms with E-state index in [-0.39, 0.29) is 5.91 Å². The summed E-state index contributed by atoms with van der Waals surface area (Å²) < 4.78 is 0. The Kier molecular flexibility index (Phi) is 8.01. The third kappa shape index (κ3) is 6.36.